The number of rotatable bonds is 7. The lowest BCUT2D eigenvalue weighted by molar-refractivity contribution is 0.115. The van der Waals surface area contributed by atoms with E-state index in [1.165, 1.54) is 12.8 Å². The predicted molar refractivity (Wildman–Crippen MR) is 86.4 cm³/mol. The van der Waals surface area contributed by atoms with Gasteiger partial charge in [0.1, 0.15) is 6.54 Å². The topological polar surface area (TPSA) is 36.9 Å². The number of nitrogens with zero attached hydrogens (tertiary/aromatic N) is 2. The normalized spacial score (nSPS) is 14.6. The third-order valence-corrected chi connectivity index (χ3v) is 2.64. The summed E-state index contributed by atoms with van der Waals surface area (Å²) in [6.45, 7) is 5.79. The number of likely N-dealkylation sites (N-methyl/N-ethyl adjacent to an activating group) is 1. The predicted octanol–water partition coefficient (Wildman–Crippen LogP) is 1.56. The van der Waals surface area contributed by atoms with Crippen molar-refractivity contribution < 1.29 is 4.74 Å². The Kier molecular flexibility index (Phi) is 10.2. The first-order valence-electron chi connectivity index (χ1n) is 6.28. The van der Waals surface area contributed by atoms with E-state index >= 15 is 0 Å². The molecule has 0 bridgehead atoms. The van der Waals surface area contributed by atoms with Crippen LogP contribution < -0.4 is 5.32 Å². The van der Waals surface area contributed by atoms with Gasteiger partial charge >= 0.3 is 0 Å². The van der Waals surface area contributed by atoms with E-state index in [9.17, 15) is 0 Å². The van der Waals surface area contributed by atoms with Gasteiger partial charge in [-0.05, 0) is 25.7 Å². The second-order valence-corrected chi connectivity index (χ2v) is 4.31. The minimum atomic E-state index is 0. The van der Waals surface area contributed by atoms with Crippen LogP contribution >= 0.6 is 24.0 Å². The van der Waals surface area contributed by atoms with E-state index in [1.807, 2.05) is 18.9 Å². The lowest BCUT2D eigenvalue weighted by Crippen LogP contribution is -2.40. The molecule has 0 saturated heterocycles. The molecule has 1 saturated carbocycles. The summed E-state index contributed by atoms with van der Waals surface area (Å²) in [4.78, 5) is 6.35. The van der Waals surface area contributed by atoms with Gasteiger partial charge in [-0.2, -0.15) is 0 Å². The van der Waals surface area contributed by atoms with Crippen LogP contribution in [0.1, 0.15) is 19.8 Å². The average molecular weight is 365 g/mol. The zero-order chi connectivity index (χ0) is 12.5. The fourth-order valence-corrected chi connectivity index (χ4v) is 1.43. The molecule has 0 atom stereocenters. The molecule has 0 unspecified atom stereocenters. The molecule has 104 valence electrons. The van der Waals surface area contributed by atoms with Crippen LogP contribution in [0.25, 0.3) is 0 Å². The van der Waals surface area contributed by atoms with Crippen LogP contribution in [0, 0.1) is 18.3 Å². The number of aliphatic imine (C=N–C) groups is 1. The van der Waals surface area contributed by atoms with Crippen LogP contribution in [0.4, 0.5) is 0 Å². The molecule has 1 N–H and O–H groups in total. The average Bonchev–Trinajstić information content (AvgIpc) is 3.13. The third-order valence-electron chi connectivity index (χ3n) is 2.64. The van der Waals surface area contributed by atoms with Gasteiger partial charge in [0, 0.05) is 26.7 Å². The molecular weight excluding hydrogens is 341 g/mol. The molecule has 0 radical (unpaired) electrons. The molecule has 0 spiro atoms. The number of hydrogen-bond acceptors (Lipinski definition) is 2. The standard InChI is InChI=1S/C13H23N3O.HI/c1-4-8-15-13(14-5-2)16(3)9-10-17-11-12-6-7-12;/h1,12H,5-11H2,2-3H3,(H,14,15);1H. The van der Waals surface area contributed by atoms with E-state index in [0.29, 0.717) is 6.54 Å². The van der Waals surface area contributed by atoms with E-state index in [0.717, 1.165) is 38.2 Å². The van der Waals surface area contributed by atoms with Gasteiger partial charge in [-0.1, -0.05) is 5.92 Å². The summed E-state index contributed by atoms with van der Waals surface area (Å²) in [5.74, 6) is 4.19. The number of guanidine groups is 1. The maximum atomic E-state index is 5.60. The van der Waals surface area contributed by atoms with Crippen LogP contribution in [-0.4, -0.2) is 50.8 Å². The molecule has 0 heterocycles. The van der Waals surface area contributed by atoms with Crippen molar-refractivity contribution >= 4 is 29.9 Å². The summed E-state index contributed by atoms with van der Waals surface area (Å²) in [7, 11) is 2.00. The SMILES string of the molecule is C#CCN=C(NCC)N(C)CCOCC1CC1.I. The molecule has 0 aromatic heterocycles. The molecule has 0 aromatic rings. The molecule has 4 nitrogen and oxygen atoms in total. The zero-order valence-corrected chi connectivity index (χ0v) is 13.6. The Labute approximate surface area is 128 Å². The Bertz CT molecular complexity index is 284. The lowest BCUT2D eigenvalue weighted by Gasteiger charge is -2.21. The Morgan fingerprint density at radius 1 is 1.56 bits per heavy atom. The van der Waals surface area contributed by atoms with Crippen molar-refractivity contribution in [1.29, 1.82) is 0 Å². The van der Waals surface area contributed by atoms with E-state index in [-0.39, 0.29) is 24.0 Å². The van der Waals surface area contributed by atoms with Gasteiger partial charge in [0.2, 0.25) is 0 Å². The van der Waals surface area contributed by atoms with Crippen LogP contribution in [0.15, 0.2) is 4.99 Å². The first-order chi connectivity index (χ1) is 8.27. The van der Waals surface area contributed by atoms with Crippen molar-refractivity contribution in [3.8, 4) is 12.3 Å². The van der Waals surface area contributed by atoms with Gasteiger partial charge in [-0.3, -0.25) is 0 Å². The molecule has 1 rings (SSSR count). The largest absolute Gasteiger partial charge is 0.379 e. The van der Waals surface area contributed by atoms with Crippen LogP contribution in [0.3, 0.4) is 0 Å². The number of ether oxygens (including phenoxy) is 1. The lowest BCUT2D eigenvalue weighted by atomic mass is 10.5. The highest BCUT2D eigenvalue weighted by Gasteiger charge is 2.21. The number of halogens is 1. The molecule has 5 heteroatoms. The molecule has 0 aliphatic heterocycles. The van der Waals surface area contributed by atoms with Crippen LogP contribution in [0.5, 0.6) is 0 Å². The Morgan fingerprint density at radius 2 is 2.28 bits per heavy atom. The summed E-state index contributed by atoms with van der Waals surface area (Å²) in [6.07, 6.45) is 7.88. The quantitative estimate of drug-likeness (QED) is 0.245. The van der Waals surface area contributed by atoms with Crippen molar-refractivity contribution in [1.82, 2.24) is 10.2 Å². The maximum absolute atomic E-state index is 5.60. The van der Waals surface area contributed by atoms with Crippen LogP contribution in [0.2, 0.25) is 0 Å². The second kappa shape index (κ2) is 10.4. The summed E-state index contributed by atoms with van der Waals surface area (Å²) < 4.78 is 5.60. The molecule has 1 fully saturated rings. The van der Waals surface area contributed by atoms with Gasteiger partial charge in [0.25, 0.3) is 0 Å². The van der Waals surface area contributed by atoms with E-state index in [2.05, 4.69) is 16.2 Å². The summed E-state index contributed by atoms with van der Waals surface area (Å²) in [6, 6.07) is 0. The monoisotopic (exact) mass is 365 g/mol. The van der Waals surface area contributed by atoms with Crippen molar-refractivity contribution in [2.45, 2.75) is 19.8 Å². The van der Waals surface area contributed by atoms with Gasteiger partial charge < -0.3 is 15.0 Å². The third kappa shape index (κ3) is 7.77. The van der Waals surface area contributed by atoms with Gasteiger partial charge in [0.05, 0.1) is 6.61 Å². The summed E-state index contributed by atoms with van der Waals surface area (Å²) in [5, 5.41) is 3.20. The van der Waals surface area contributed by atoms with Gasteiger partial charge in [-0.25, -0.2) is 4.99 Å². The molecule has 18 heavy (non-hydrogen) atoms. The first-order valence-corrected chi connectivity index (χ1v) is 6.28. The first kappa shape index (κ1) is 17.5. The number of hydrogen-bond donors (Lipinski definition) is 1. The van der Waals surface area contributed by atoms with Crippen molar-refractivity contribution in [3.63, 3.8) is 0 Å². The Balaban J connectivity index is 0.00000289. The highest BCUT2D eigenvalue weighted by Crippen LogP contribution is 2.28. The molecule has 1 aliphatic rings. The summed E-state index contributed by atoms with van der Waals surface area (Å²) >= 11 is 0. The fourth-order valence-electron chi connectivity index (χ4n) is 1.43. The van der Waals surface area contributed by atoms with E-state index in [4.69, 9.17) is 11.2 Å². The van der Waals surface area contributed by atoms with Crippen molar-refractivity contribution in [2.75, 3.05) is 39.9 Å². The minimum Gasteiger partial charge on any atom is -0.379 e. The van der Waals surface area contributed by atoms with Gasteiger partial charge in [0.15, 0.2) is 5.96 Å². The van der Waals surface area contributed by atoms with E-state index in [1.54, 1.807) is 0 Å². The van der Waals surface area contributed by atoms with Gasteiger partial charge in [-0.15, -0.1) is 30.4 Å². The van der Waals surface area contributed by atoms with E-state index < -0.39 is 0 Å². The fraction of sp³-hybridized carbons (Fsp3) is 0.769. The van der Waals surface area contributed by atoms with Crippen molar-refractivity contribution in [2.24, 2.45) is 10.9 Å². The minimum absolute atomic E-state index is 0. The number of nitrogens with one attached hydrogen (secondary N) is 1. The second-order valence-electron chi connectivity index (χ2n) is 4.31. The Hall–Kier alpha value is -0.480. The molecule has 1 aliphatic carbocycles. The Morgan fingerprint density at radius 3 is 2.83 bits per heavy atom. The molecule has 0 amide bonds. The zero-order valence-electron chi connectivity index (χ0n) is 11.3. The van der Waals surface area contributed by atoms with Crippen molar-refractivity contribution in [3.05, 3.63) is 0 Å². The maximum Gasteiger partial charge on any atom is 0.194 e. The summed E-state index contributed by atoms with van der Waals surface area (Å²) in [5.41, 5.74) is 0. The highest BCUT2D eigenvalue weighted by molar-refractivity contribution is 14.0. The van der Waals surface area contributed by atoms with Crippen LogP contribution in [-0.2, 0) is 4.74 Å². The smallest absolute Gasteiger partial charge is 0.194 e. The highest BCUT2D eigenvalue weighted by atomic mass is 127. The number of terminal acetylenes is 1. The molecular formula is C13H24IN3O. The molecule has 0 aromatic carbocycles.